The normalized spacial score (nSPS) is 10.7. The molecule has 0 aliphatic carbocycles. The highest BCUT2D eigenvalue weighted by atomic mass is 35.5. The molecule has 2 N–H and O–H groups in total. The van der Waals surface area contributed by atoms with Gasteiger partial charge in [-0.15, -0.1) is 0 Å². The Balaban J connectivity index is 2.18. The molecule has 0 fully saturated rings. The van der Waals surface area contributed by atoms with E-state index in [1.54, 1.807) is 25.1 Å². The van der Waals surface area contributed by atoms with Gasteiger partial charge in [-0.25, -0.2) is 14.5 Å². The molecular weight excluding hydrogens is 318 g/mol. The summed E-state index contributed by atoms with van der Waals surface area (Å²) in [7, 11) is 0. The molecule has 0 aliphatic heterocycles. The molecule has 2 aromatic heterocycles. The van der Waals surface area contributed by atoms with Crippen molar-refractivity contribution < 1.29 is 9.90 Å². The summed E-state index contributed by atoms with van der Waals surface area (Å²) in [5.74, 6) is -0.882. The van der Waals surface area contributed by atoms with Crippen molar-refractivity contribution >= 4 is 17.6 Å². The van der Waals surface area contributed by atoms with Gasteiger partial charge in [0.05, 0.1) is 11.3 Å². The average Bonchev–Trinajstić information content (AvgIpc) is 2.84. The average molecular weight is 330 g/mol. The molecule has 0 bridgehead atoms. The van der Waals surface area contributed by atoms with Crippen molar-refractivity contribution in [2.75, 3.05) is 0 Å². The summed E-state index contributed by atoms with van der Waals surface area (Å²) in [5.41, 5.74) is 1.48. The van der Waals surface area contributed by atoms with E-state index in [1.807, 2.05) is 6.07 Å². The van der Waals surface area contributed by atoms with Crippen molar-refractivity contribution in [3.8, 4) is 17.1 Å². The van der Waals surface area contributed by atoms with Crippen LogP contribution in [0.25, 0.3) is 17.1 Å². The van der Waals surface area contributed by atoms with E-state index in [0.29, 0.717) is 21.8 Å². The summed E-state index contributed by atoms with van der Waals surface area (Å²) >= 11 is 6.18. The zero-order chi connectivity index (χ0) is 16.6. The Hall–Kier alpha value is -2.86. The lowest BCUT2D eigenvalue weighted by atomic mass is 10.1. The van der Waals surface area contributed by atoms with Crippen LogP contribution >= 0.6 is 11.6 Å². The lowest BCUT2D eigenvalue weighted by molar-refractivity contribution is 0.0696. The van der Waals surface area contributed by atoms with E-state index in [0.717, 1.165) is 0 Å². The second-order valence-corrected chi connectivity index (χ2v) is 5.35. The standard InChI is InChI=1S/C16H12ClN3O3/c1-9-14(11-4-2-3-5-12(11)17)19-20(15(9)21)13-8-10(16(22)23)6-7-18-13/h2-8,19H,1H3,(H,22,23). The fourth-order valence-electron chi connectivity index (χ4n) is 2.28. The molecule has 3 rings (SSSR count). The van der Waals surface area contributed by atoms with Gasteiger partial charge in [0.2, 0.25) is 0 Å². The van der Waals surface area contributed by atoms with Crippen LogP contribution in [0.4, 0.5) is 0 Å². The summed E-state index contributed by atoms with van der Waals surface area (Å²) in [6, 6.07) is 9.84. The van der Waals surface area contributed by atoms with Crippen molar-refractivity contribution in [3.05, 3.63) is 69.1 Å². The van der Waals surface area contributed by atoms with Gasteiger partial charge in [0, 0.05) is 22.3 Å². The van der Waals surface area contributed by atoms with Crippen LogP contribution in [-0.4, -0.2) is 25.8 Å². The molecule has 0 spiro atoms. The molecule has 0 radical (unpaired) electrons. The van der Waals surface area contributed by atoms with Crippen LogP contribution in [0, 0.1) is 6.92 Å². The van der Waals surface area contributed by atoms with Gasteiger partial charge in [-0.2, -0.15) is 0 Å². The van der Waals surface area contributed by atoms with E-state index >= 15 is 0 Å². The molecule has 0 saturated carbocycles. The van der Waals surface area contributed by atoms with E-state index in [4.69, 9.17) is 16.7 Å². The molecule has 2 heterocycles. The number of halogens is 1. The summed E-state index contributed by atoms with van der Waals surface area (Å²) < 4.78 is 1.21. The maximum atomic E-state index is 12.5. The summed E-state index contributed by atoms with van der Waals surface area (Å²) in [6.45, 7) is 1.68. The lowest BCUT2D eigenvalue weighted by Crippen LogP contribution is -2.17. The topological polar surface area (TPSA) is 88.0 Å². The van der Waals surface area contributed by atoms with Crippen LogP contribution < -0.4 is 5.56 Å². The molecule has 0 unspecified atom stereocenters. The SMILES string of the molecule is Cc1c(-c2ccccc2Cl)[nH]n(-c2cc(C(=O)O)ccn2)c1=O. The molecule has 0 amide bonds. The monoisotopic (exact) mass is 329 g/mol. The maximum Gasteiger partial charge on any atom is 0.335 e. The van der Waals surface area contributed by atoms with Gasteiger partial charge in [0.15, 0.2) is 5.82 Å². The molecule has 3 aromatic rings. The minimum absolute atomic E-state index is 0.0495. The molecule has 7 heteroatoms. The van der Waals surface area contributed by atoms with Crippen molar-refractivity contribution in [1.82, 2.24) is 14.8 Å². The molecule has 23 heavy (non-hydrogen) atoms. The molecular formula is C16H12ClN3O3. The molecule has 0 atom stereocenters. The van der Waals surface area contributed by atoms with Crippen molar-refractivity contribution in [3.63, 3.8) is 0 Å². The van der Waals surface area contributed by atoms with E-state index in [9.17, 15) is 9.59 Å². The van der Waals surface area contributed by atoms with Crippen LogP contribution in [0.3, 0.4) is 0 Å². The van der Waals surface area contributed by atoms with Gasteiger partial charge in [-0.1, -0.05) is 29.8 Å². The zero-order valence-corrected chi connectivity index (χ0v) is 12.8. The van der Waals surface area contributed by atoms with Gasteiger partial charge in [0.1, 0.15) is 0 Å². The quantitative estimate of drug-likeness (QED) is 0.773. The number of hydrogen-bond donors (Lipinski definition) is 2. The summed E-state index contributed by atoms with van der Waals surface area (Å²) in [5, 5.41) is 12.5. The third-order valence-electron chi connectivity index (χ3n) is 3.49. The lowest BCUT2D eigenvalue weighted by Gasteiger charge is -2.04. The van der Waals surface area contributed by atoms with Crippen LogP contribution in [0.15, 0.2) is 47.4 Å². The minimum atomic E-state index is -1.09. The van der Waals surface area contributed by atoms with Crippen LogP contribution in [-0.2, 0) is 0 Å². The number of carboxylic acid groups (broad SMARTS) is 1. The first kappa shape index (κ1) is 15.1. The third kappa shape index (κ3) is 2.64. The Labute approximate surface area is 136 Å². The maximum absolute atomic E-state index is 12.5. The number of carbonyl (C=O) groups is 1. The Morgan fingerprint density at radius 3 is 2.74 bits per heavy atom. The van der Waals surface area contributed by atoms with Crippen LogP contribution in [0.5, 0.6) is 0 Å². The van der Waals surface area contributed by atoms with Gasteiger partial charge >= 0.3 is 5.97 Å². The van der Waals surface area contributed by atoms with E-state index in [1.165, 1.54) is 23.0 Å². The second-order valence-electron chi connectivity index (χ2n) is 4.94. The predicted octanol–water partition coefficient (Wildman–Crippen LogP) is 2.89. The highest BCUT2D eigenvalue weighted by molar-refractivity contribution is 6.33. The Kier molecular flexibility index (Phi) is 3.75. The fourth-order valence-corrected chi connectivity index (χ4v) is 2.51. The van der Waals surface area contributed by atoms with Gasteiger partial charge in [-0.05, 0) is 25.1 Å². The number of carboxylic acids is 1. The van der Waals surface area contributed by atoms with E-state index in [-0.39, 0.29) is 16.9 Å². The Morgan fingerprint density at radius 2 is 2.04 bits per heavy atom. The Morgan fingerprint density at radius 1 is 1.30 bits per heavy atom. The smallest absolute Gasteiger partial charge is 0.335 e. The van der Waals surface area contributed by atoms with Crippen LogP contribution in [0.2, 0.25) is 5.02 Å². The number of nitrogens with zero attached hydrogens (tertiary/aromatic N) is 2. The summed E-state index contributed by atoms with van der Waals surface area (Å²) in [6.07, 6.45) is 1.34. The van der Waals surface area contributed by atoms with Crippen molar-refractivity contribution in [1.29, 1.82) is 0 Å². The van der Waals surface area contributed by atoms with Crippen LogP contribution in [0.1, 0.15) is 15.9 Å². The first-order valence-electron chi connectivity index (χ1n) is 6.75. The van der Waals surface area contributed by atoms with E-state index < -0.39 is 5.97 Å². The number of benzene rings is 1. The number of nitrogens with one attached hydrogen (secondary N) is 1. The molecule has 0 saturated heterocycles. The Bertz CT molecular complexity index is 959. The predicted molar refractivity (Wildman–Crippen MR) is 86.3 cm³/mol. The first-order valence-corrected chi connectivity index (χ1v) is 7.13. The van der Waals surface area contributed by atoms with Gasteiger partial charge in [0.25, 0.3) is 5.56 Å². The van der Waals surface area contributed by atoms with E-state index in [2.05, 4.69) is 10.1 Å². The number of aromatic carboxylic acids is 1. The second kappa shape index (κ2) is 5.73. The minimum Gasteiger partial charge on any atom is -0.478 e. The molecule has 116 valence electrons. The summed E-state index contributed by atoms with van der Waals surface area (Å²) in [4.78, 5) is 27.6. The molecule has 6 nitrogen and oxygen atoms in total. The highest BCUT2D eigenvalue weighted by Gasteiger charge is 2.16. The number of hydrogen-bond acceptors (Lipinski definition) is 3. The number of rotatable bonds is 3. The molecule has 0 aliphatic rings. The first-order chi connectivity index (χ1) is 11.0. The number of pyridine rings is 1. The number of H-pyrrole nitrogens is 1. The fraction of sp³-hybridized carbons (Fsp3) is 0.0625. The third-order valence-corrected chi connectivity index (χ3v) is 3.82. The van der Waals surface area contributed by atoms with Gasteiger partial charge < -0.3 is 5.11 Å². The van der Waals surface area contributed by atoms with Gasteiger partial charge in [-0.3, -0.25) is 9.89 Å². The van der Waals surface area contributed by atoms with Crippen molar-refractivity contribution in [2.24, 2.45) is 0 Å². The zero-order valence-electron chi connectivity index (χ0n) is 12.1. The number of aromatic amines is 1. The molecule has 1 aromatic carbocycles. The highest BCUT2D eigenvalue weighted by Crippen LogP contribution is 2.27. The number of aromatic nitrogens is 3. The van der Waals surface area contributed by atoms with Crippen molar-refractivity contribution in [2.45, 2.75) is 6.92 Å². The largest absolute Gasteiger partial charge is 0.478 e.